The lowest BCUT2D eigenvalue weighted by Crippen LogP contribution is -1.79. The van der Waals surface area contributed by atoms with Crippen molar-refractivity contribution in [3.63, 3.8) is 0 Å². The molecule has 0 saturated heterocycles. The van der Waals surface area contributed by atoms with Crippen LogP contribution in [0, 0.1) is 0 Å². The van der Waals surface area contributed by atoms with Gasteiger partial charge < -0.3 is 4.98 Å². The van der Waals surface area contributed by atoms with Crippen molar-refractivity contribution in [1.82, 2.24) is 9.97 Å². The molecule has 0 spiro atoms. The Hall–Kier alpha value is -0.800. The Bertz CT molecular complexity index is 425. The molecule has 1 aromatic heterocycles. The highest BCUT2D eigenvalue weighted by atomic mass is 79.9. The van der Waals surface area contributed by atoms with Crippen molar-refractivity contribution in [2.45, 2.75) is 0 Å². The Morgan fingerprint density at radius 1 is 1.38 bits per heavy atom. The number of hydrogen-bond donors (Lipinski definition) is 1. The van der Waals surface area contributed by atoms with Crippen molar-refractivity contribution in [3.8, 4) is 11.4 Å². The highest BCUT2D eigenvalue weighted by Gasteiger charge is 2.01. The molecule has 0 atom stereocenters. The Balaban J connectivity index is 2.46. The number of H-pyrrole nitrogens is 1. The van der Waals surface area contributed by atoms with Crippen molar-refractivity contribution in [3.05, 3.63) is 40.1 Å². The van der Waals surface area contributed by atoms with Crippen LogP contribution in [0.5, 0.6) is 0 Å². The molecule has 0 aliphatic heterocycles. The minimum absolute atomic E-state index is 0.713. The van der Waals surface area contributed by atoms with Crippen LogP contribution in [0.2, 0.25) is 5.02 Å². The van der Waals surface area contributed by atoms with E-state index in [0.29, 0.717) is 5.02 Å². The van der Waals surface area contributed by atoms with Gasteiger partial charge in [-0.25, -0.2) is 4.98 Å². The fourth-order valence-corrected chi connectivity index (χ4v) is 1.56. The molecule has 66 valence electrons. The largest absolute Gasteiger partial charge is 0.333 e. The Labute approximate surface area is 89.1 Å². The molecule has 4 heteroatoms. The molecule has 1 aromatic carbocycles. The van der Waals surface area contributed by atoms with Crippen LogP contribution >= 0.6 is 27.5 Å². The first kappa shape index (κ1) is 8.78. The summed E-state index contributed by atoms with van der Waals surface area (Å²) in [6.45, 7) is 0. The summed E-state index contributed by atoms with van der Waals surface area (Å²) in [7, 11) is 0. The molecule has 2 aromatic rings. The molecular weight excluding hydrogens is 251 g/mol. The van der Waals surface area contributed by atoms with Crippen molar-refractivity contribution >= 4 is 27.5 Å². The van der Waals surface area contributed by atoms with E-state index >= 15 is 0 Å². The molecule has 0 unspecified atom stereocenters. The Morgan fingerprint density at radius 2 is 2.23 bits per heavy atom. The van der Waals surface area contributed by atoms with Crippen LogP contribution in [-0.2, 0) is 0 Å². The van der Waals surface area contributed by atoms with E-state index < -0.39 is 0 Å². The summed E-state index contributed by atoms with van der Waals surface area (Å²) < 4.78 is 0.863. The number of halogens is 2. The monoisotopic (exact) mass is 256 g/mol. The third-order valence-electron chi connectivity index (χ3n) is 1.64. The summed E-state index contributed by atoms with van der Waals surface area (Å²) in [5.41, 5.74) is 0.984. The summed E-state index contributed by atoms with van der Waals surface area (Å²) in [5, 5.41) is 0.713. The molecule has 2 nitrogen and oxygen atoms in total. The second kappa shape index (κ2) is 3.52. The first-order valence-electron chi connectivity index (χ1n) is 3.72. The van der Waals surface area contributed by atoms with Crippen LogP contribution in [0.25, 0.3) is 11.4 Å². The van der Waals surface area contributed by atoms with E-state index in [1.54, 1.807) is 6.20 Å². The maximum atomic E-state index is 5.85. The zero-order chi connectivity index (χ0) is 9.26. The highest BCUT2D eigenvalue weighted by molar-refractivity contribution is 9.10. The smallest absolute Gasteiger partial charge is 0.138 e. The standard InChI is InChI=1S/C9H6BrClN2/c10-8-5-12-9(13-8)6-2-1-3-7(11)4-6/h1-5H,(H,12,13). The fraction of sp³-hybridized carbons (Fsp3) is 0. The second-order valence-electron chi connectivity index (χ2n) is 2.59. The van der Waals surface area contributed by atoms with Crippen molar-refractivity contribution in [1.29, 1.82) is 0 Å². The maximum absolute atomic E-state index is 5.85. The molecule has 1 heterocycles. The van der Waals surface area contributed by atoms with E-state index in [4.69, 9.17) is 11.6 Å². The van der Waals surface area contributed by atoms with Gasteiger partial charge in [0.15, 0.2) is 0 Å². The average Bonchev–Trinajstić information content (AvgIpc) is 2.52. The molecule has 0 radical (unpaired) electrons. The minimum Gasteiger partial charge on any atom is -0.333 e. The van der Waals surface area contributed by atoms with Crippen molar-refractivity contribution < 1.29 is 0 Å². The van der Waals surface area contributed by atoms with Gasteiger partial charge in [-0.1, -0.05) is 23.7 Å². The van der Waals surface area contributed by atoms with Crippen LogP contribution in [0.15, 0.2) is 35.1 Å². The predicted octanol–water partition coefficient (Wildman–Crippen LogP) is 3.49. The van der Waals surface area contributed by atoms with Crippen LogP contribution in [0.4, 0.5) is 0 Å². The number of aromatic amines is 1. The molecule has 0 aliphatic carbocycles. The number of imidazole rings is 1. The number of rotatable bonds is 1. The van der Waals surface area contributed by atoms with Gasteiger partial charge in [0.1, 0.15) is 10.4 Å². The molecule has 0 amide bonds. The van der Waals surface area contributed by atoms with E-state index in [1.807, 2.05) is 24.3 Å². The normalized spacial score (nSPS) is 10.3. The quantitative estimate of drug-likeness (QED) is 0.832. The van der Waals surface area contributed by atoms with Gasteiger partial charge in [0, 0.05) is 10.6 Å². The lowest BCUT2D eigenvalue weighted by molar-refractivity contribution is 1.30. The summed E-state index contributed by atoms with van der Waals surface area (Å²) >= 11 is 9.15. The van der Waals surface area contributed by atoms with Gasteiger partial charge in [0.2, 0.25) is 0 Å². The van der Waals surface area contributed by atoms with E-state index in [1.165, 1.54) is 0 Å². The number of nitrogens with one attached hydrogen (secondary N) is 1. The maximum Gasteiger partial charge on any atom is 0.138 e. The topological polar surface area (TPSA) is 28.7 Å². The van der Waals surface area contributed by atoms with Gasteiger partial charge in [-0.05, 0) is 28.1 Å². The summed E-state index contributed by atoms with van der Waals surface area (Å²) in [4.78, 5) is 7.23. The Morgan fingerprint density at radius 3 is 2.85 bits per heavy atom. The molecule has 0 aliphatic rings. The average molecular weight is 258 g/mol. The summed E-state index contributed by atoms with van der Waals surface area (Å²) in [6, 6.07) is 7.56. The van der Waals surface area contributed by atoms with Crippen LogP contribution in [0.3, 0.4) is 0 Å². The minimum atomic E-state index is 0.713. The van der Waals surface area contributed by atoms with Gasteiger partial charge in [-0.3, -0.25) is 0 Å². The number of nitrogens with zero attached hydrogens (tertiary/aromatic N) is 1. The van der Waals surface area contributed by atoms with Gasteiger partial charge in [0.05, 0.1) is 6.20 Å². The van der Waals surface area contributed by atoms with E-state index in [9.17, 15) is 0 Å². The lowest BCUT2D eigenvalue weighted by Gasteiger charge is -1.96. The molecule has 13 heavy (non-hydrogen) atoms. The fourth-order valence-electron chi connectivity index (χ4n) is 1.08. The van der Waals surface area contributed by atoms with E-state index in [-0.39, 0.29) is 0 Å². The first-order chi connectivity index (χ1) is 6.25. The summed E-state index contributed by atoms with van der Waals surface area (Å²) in [6.07, 6.45) is 1.72. The van der Waals surface area contributed by atoms with Crippen LogP contribution < -0.4 is 0 Å². The second-order valence-corrected chi connectivity index (χ2v) is 3.88. The third kappa shape index (κ3) is 1.92. The Kier molecular flexibility index (Phi) is 2.38. The molecular formula is C9H6BrClN2. The van der Waals surface area contributed by atoms with Crippen LogP contribution in [0.1, 0.15) is 0 Å². The van der Waals surface area contributed by atoms with Gasteiger partial charge >= 0.3 is 0 Å². The zero-order valence-electron chi connectivity index (χ0n) is 6.59. The van der Waals surface area contributed by atoms with Crippen LogP contribution in [-0.4, -0.2) is 9.97 Å². The molecule has 0 saturated carbocycles. The third-order valence-corrected chi connectivity index (χ3v) is 2.28. The predicted molar refractivity (Wildman–Crippen MR) is 56.7 cm³/mol. The molecule has 0 bridgehead atoms. The van der Waals surface area contributed by atoms with E-state index in [2.05, 4.69) is 25.9 Å². The lowest BCUT2D eigenvalue weighted by atomic mass is 10.2. The number of aromatic nitrogens is 2. The highest BCUT2D eigenvalue weighted by Crippen LogP contribution is 2.20. The zero-order valence-corrected chi connectivity index (χ0v) is 8.93. The molecule has 2 rings (SSSR count). The van der Waals surface area contributed by atoms with Gasteiger partial charge in [0.25, 0.3) is 0 Å². The number of hydrogen-bond acceptors (Lipinski definition) is 1. The van der Waals surface area contributed by atoms with E-state index in [0.717, 1.165) is 16.0 Å². The first-order valence-corrected chi connectivity index (χ1v) is 4.89. The van der Waals surface area contributed by atoms with Crippen molar-refractivity contribution in [2.24, 2.45) is 0 Å². The molecule has 0 fully saturated rings. The van der Waals surface area contributed by atoms with Gasteiger partial charge in [-0.15, -0.1) is 0 Å². The summed E-state index contributed by atoms with van der Waals surface area (Å²) in [5.74, 6) is 0.814. The SMILES string of the molecule is Clc1cccc(-c2ncc(Br)[nH]2)c1. The molecule has 1 N–H and O–H groups in total. The van der Waals surface area contributed by atoms with Gasteiger partial charge in [-0.2, -0.15) is 0 Å². The number of benzene rings is 1. The van der Waals surface area contributed by atoms with Crippen molar-refractivity contribution in [2.75, 3.05) is 0 Å².